The lowest BCUT2D eigenvalue weighted by Gasteiger charge is -1.94. The Hall–Kier alpha value is -0.440. The molecular weight excluding hydrogens is 117 g/mol. The van der Waals surface area contributed by atoms with Gasteiger partial charge in [0.1, 0.15) is 6.61 Å². The zero-order chi connectivity index (χ0) is 5.28. The summed E-state index contributed by atoms with van der Waals surface area (Å²) in [4.78, 5) is 10.1. The Kier molecular flexibility index (Phi) is 1.06. The average molecular weight is 122 g/mol. The Morgan fingerprint density at radius 3 is 2.71 bits per heavy atom. The van der Waals surface area contributed by atoms with Gasteiger partial charge >= 0.3 is 6.09 Å². The largest absolute Gasteiger partial charge is 0.447 e. The van der Waals surface area contributed by atoms with Crippen molar-refractivity contribution in [1.29, 1.82) is 0 Å². The van der Waals surface area contributed by atoms with Crippen LogP contribution in [0.2, 0.25) is 0 Å². The minimum atomic E-state index is -0.443. The predicted octanol–water partition coefficient (Wildman–Crippen LogP) is 0.592. The van der Waals surface area contributed by atoms with E-state index in [4.69, 9.17) is 11.8 Å². The van der Waals surface area contributed by atoms with Crippen molar-refractivity contribution in [2.24, 2.45) is 0 Å². The highest BCUT2D eigenvalue weighted by Gasteiger charge is 2.18. The molecule has 0 aromatic rings. The van der Waals surface area contributed by atoms with E-state index in [1.807, 2.05) is 0 Å². The van der Waals surface area contributed by atoms with Gasteiger partial charge in [-0.25, -0.2) is 9.21 Å². The van der Waals surface area contributed by atoms with Gasteiger partial charge in [0.15, 0.2) is 0 Å². The highest BCUT2D eigenvalue weighted by atomic mass is 35.5. The maximum Gasteiger partial charge on any atom is 0.424 e. The summed E-state index contributed by atoms with van der Waals surface area (Å²) in [5, 5.41) is 0. The molecule has 3 nitrogen and oxygen atoms in total. The number of carbonyl (C=O) groups excluding carboxylic acids is 1. The minimum Gasteiger partial charge on any atom is -0.447 e. The fraction of sp³-hybridized carbons (Fsp3) is 0.667. The first-order chi connectivity index (χ1) is 3.30. The molecule has 1 aliphatic rings. The highest BCUT2D eigenvalue weighted by Crippen LogP contribution is 2.04. The monoisotopic (exact) mass is 121 g/mol. The van der Waals surface area contributed by atoms with Crippen molar-refractivity contribution in [2.45, 2.75) is 0 Å². The Bertz CT molecular complexity index is 94.9. The van der Waals surface area contributed by atoms with Gasteiger partial charge in [-0.15, -0.1) is 0 Å². The quantitative estimate of drug-likeness (QED) is 0.439. The summed E-state index contributed by atoms with van der Waals surface area (Å²) in [5.74, 6) is 0. The summed E-state index contributed by atoms with van der Waals surface area (Å²) < 4.78 is 5.43. The van der Waals surface area contributed by atoms with Gasteiger partial charge < -0.3 is 4.74 Å². The summed E-state index contributed by atoms with van der Waals surface area (Å²) in [6.07, 6.45) is -0.443. The van der Waals surface area contributed by atoms with Gasteiger partial charge in [-0.2, -0.15) is 0 Å². The number of amides is 1. The van der Waals surface area contributed by atoms with Crippen molar-refractivity contribution in [3.8, 4) is 0 Å². The van der Waals surface area contributed by atoms with Gasteiger partial charge in [0.05, 0.1) is 6.54 Å². The third-order valence-electron chi connectivity index (χ3n) is 0.711. The molecule has 0 radical (unpaired) electrons. The van der Waals surface area contributed by atoms with E-state index in [1.165, 1.54) is 0 Å². The Morgan fingerprint density at radius 1 is 1.86 bits per heavy atom. The van der Waals surface area contributed by atoms with Gasteiger partial charge in [0.25, 0.3) is 0 Å². The van der Waals surface area contributed by atoms with Crippen LogP contribution in [-0.2, 0) is 4.74 Å². The van der Waals surface area contributed by atoms with Crippen LogP contribution in [0.3, 0.4) is 0 Å². The van der Waals surface area contributed by atoms with Crippen molar-refractivity contribution in [3.05, 3.63) is 0 Å². The number of hydrogen-bond donors (Lipinski definition) is 0. The van der Waals surface area contributed by atoms with Crippen LogP contribution in [0.5, 0.6) is 0 Å². The molecule has 0 unspecified atom stereocenters. The van der Waals surface area contributed by atoms with Crippen LogP contribution in [0.15, 0.2) is 0 Å². The highest BCUT2D eigenvalue weighted by molar-refractivity contribution is 6.20. The third kappa shape index (κ3) is 0.771. The first kappa shape index (κ1) is 4.71. The molecule has 1 rings (SSSR count). The fourth-order valence-electron chi connectivity index (χ4n) is 0.374. The second-order valence-electron chi connectivity index (χ2n) is 1.20. The molecule has 0 aliphatic carbocycles. The number of rotatable bonds is 0. The van der Waals surface area contributed by atoms with Gasteiger partial charge in [-0.1, -0.05) is 0 Å². The molecule has 0 bridgehead atoms. The number of ether oxygens (including phenoxy) is 1. The lowest BCUT2D eigenvalue weighted by atomic mass is 10.7. The van der Waals surface area contributed by atoms with Gasteiger partial charge in [0.2, 0.25) is 0 Å². The summed E-state index contributed by atoms with van der Waals surface area (Å²) in [6.45, 7) is 0.919. The maximum atomic E-state index is 10.1. The average Bonchev–Trinajstić information content (AvgIpc) is 1.91. The van der Waals surface area contributed by atoms with Gasteiger partial charge in [-0.3, -0.25) is 0 Å². The SMILES string of the molecule is O=C1OCCN1Cl. The fourth-order valence-corrected chi connectivity index (χ4v) is 0.492. The van der Waals surface area contributed by atoms with Gasteiger partial charge in [0, 0.05) is 11.8 Å². The smallest absolute Gasteiger partial charge is 0.424 e. The van der Waals surface area contributed by atoms with Crippen LogP contribution in [0.25, 0.3) is 0 Å². The normalized spacial score (nSPS) is 20.1. The Labute approximate surface area is 45.9 Å². The second-order valence-corrected chi connectivity index (χ2v) is 1.61. The number of halogens is 1. The minimum absolute atomic E-state index is 0.419. The van der Waals surface area contributed by atoms with E-state index >= 15 is 0 Å². The third-order valence-corrected chi connectivity index (χ3v) is 1.02. The van der Waals surface area contributed by atoms with E-state index in [9.17, 15) is 4.79 Å². The molecule has 0 aromatic carbocycles. The van der Waals surface area contributed by atoms with E-state index in [2.05, 4.69) is 4.74 Å². The lowest BCUT2D eigenvalue weighted by Crippen LogP contribution is -2.10. The molecule has 40 valence electrons. The number of cyclic esters (lactones) is 1. The van der Waals surface area contributed by atoms with Crippen LogP contribution in [0, 0.1) is 0 Å². The molecular formula is C3H4ClNO2. The van der Waals surface area contributed by atoms with E-state index in [0.717, 1.165) is 4.42 Å². The molecule has 7 heavy (non-hydrogen) atoms. The molecule has 0 aromatic heterocycles. The van der Waals surface area contributed by atoms with Crippen LogP contribution >= 0.6 is 11.8 Å². The molecule has 1 heterocycles. The summed E-state index contributed by atoms with van der Waals surface area (Å²) in [7, 11) is 0. The van der Waals surface area contributed by atoms with Crippen molar-refractivity contribution in [1.82, 2.24) is 4.42 Å². The molecule has 0 spiro atoms. The zero-order valence-corrected chi connectivity index (χ0v) is 4.31. The molecule has 0 saturated carbocycles. The molecule has 1 fully saturated rings. The Morgan fingerprint density at radius 2 is 2.57 bits per heavy atom. The summed E-state index contributed by atoms with van der Waals surface area (Å²) in [5.41, 5.74) is 0. The molecule has 0 atom stereocenters. The summed E-state index contributed by atoms with van der Waals surface area (Å²) >= 11 is 5.22. The van der Waals surface area contributed by atoms with Crippen LogP contribution in [-0.4, -0.2) is 23.7 Å². The van der Waals surface area contributed by atoms with Crippen molar-refractivity contribution < 1.29 is 9.53 Å². The second kappa shape index (κ2) is 1.58. The van der Waals surface area contributed by atoms with Crippen LogP contribution < -0.4 is 0 Å². The van der Waals surface area contributed by atoms with Crippen molar-refractivity contribution in [2.75, 3.05) is 13.2 Å². The number of hydrogen-bond acceptors (Lipinski definition) is 2. The predicted molar refractivity (Wildman–Crippen MR) is 23.9 cm³/mol. The zero-order valence-electron chi connectivity index (χ0n) is 3.56. The summed E-state index contributed by atoms with van der Waals surface area (Å²) in [6, 6.07) is 0. The first-order valence-electron chi connectivity index (χ1n) is 1.91. The number of nitrogens with zero attached hydrogens (tertiary/aromatic N) is 1. The number of carbonyl (C=O) groups is 1. The first-order valence-corrected chi connectivity index (χ1v) is 2.24. The van der Waals surface area contributed by atoms with Crippen molar-refractivity contribution in [3.63, 3.8) is 0 Å². The molecule has 1 saturated heterocycles. The van der Waals surface area contributed by atoms with Gasteiger partial charge in [-0.05, 0) is 0 Å². The Balaban J connectivity index is 2.48. The van der Waals surface area contributed by atoms with E-state index < -0.39 is 6.09 Å². The standard InChI is InChI=1S/C3H4ClNO2/c4-5-1-2-7-3(5)6/h1-2H2. The van der Waals surface area contributed by atoms with E-state index in [-0.39, 0.29) is 0 Å². The van der Waals surface area contributed by atoms with Crippen LogP contribution in [0.1, 0.15) is 0 Å². The lowest BCUT2D eigenvalue weighted by molar-refractivity contribution is 0.170. The molecule has 1 amide bonds. The topological polar surface area (TPSA) is 29.5 Å². The van der Waals surface area contributed by atoms with E-state index in [0.29, 0.717) is 13.2 Å². The molecule has 0 N–H and O–H groups in total. The maximum absolute atomic E-state index is 10.1. The van der Waals surface area contributed by atoms with Crippen molar-refractivity contribution >= 4 is 17.9 Å². The molecule has 4 heteroatoms. The van der Waals surface area contributed by atoms with Crippen LogP contribution in [0.4, 0.5) is 4.79 Å². The molecule has 1 aliphatic heterocycles. The van der Waals surface area contributed by atoms with E-state index in [1.54, 1.807) is 0 Å².